The molecule has 1 aromatic carbocycles. The Morgan fingerprint density at radius 3 is 2.55 bits per heavy atom. The van der Waals surface area contributed by atoms with Crippen molar-refractivity contribution in [3.05, 3.63) is 47.2 Å². The molecule has 118 valence electrons. The van der Waals surface area contributed by atoms with Gasteiger partial charge in [-0.05, 0) is 45.0 Å². The second-order valence-electron chi connectivity index (χ2n) is 5.24. The normalized spacial score (nSPS) is 12.0. The van der Waals surface area contributed by atoms with Gasteiger partial charge in [-0.1, -0.05) is 0 Å². The van der Waals surface area contributed by atoms with Crippen LogP contribution in [-0.2, 0) is 6.54 Å². The van der Waals surface area contributed by atoms with E-state index in [0.29, 0.717) is 18.0 Å². The first kappa shape index (κ1) is 16.0. The van der Waals surface area contributed by atoms with Gasteiger partial charge >= 0.3 is 0 Å². The van der Waals surface area contributed by atoms with E-state index >= 15 is 0 Å². The van der Waals surface area contributed by atoms with Crippen LogP contribution in [0.15, 0.2) is 28.7 Å². The van der Waals surface area contributed by atoms with Crippen molar-refractivity contribution >= 4 is 11.6 Å². The maximum absolute atomic E-state index is 11.9. The molecule has 3 N–H and O–H groups in total. The predicted molar refractivity (Wildman–Crippen MR) is 83.8 cm³/mol. The van der Waals surface area contributed by atoms with Crippen LogP contribution in [0.1, 0.15) is 34.6 Å². The van der Waals surface area contributed by atoms with Crippen LogP contribution in [0.2, 0.25) is 0 Å². The number of carbonyl (C=O) groups excluding carboxylic acids is 1. The van der Waals surface area contributed by atoms with Gasteiger partial charge in [0.25, 0.3) is 5.91 Å². The summed E-state index contributed by atoms with van der Waals surface area (Å²) in [7, 11) is 0. The fraction of sp³-hybridized carbons (Fsp3) is 0.375. The number of carbonyl (C=O) groups is 1. The molecular weight excluding hydrogens is 282 g/mol. The number of aliphatic hydroxyl groups is 1. The maximum atomic E-state index is 11.9. The van der Waals surface area contributed by atoms with Crippen molar-refractivity contribution in [3.8, 4) is 0 Å². The minimum Gasteiger partial charge on any atom is -0.444 e. The van der Waals surface area contributed by atoms with E-state index in [-0.39, 0.29) is 18.6 Å². The lowest BCUT2D eigenvalue weighted by Gasteiger charge is -2.11. The minimum absolute atomic E-state index is 0.0830. The Morgan fingerprint density at radius 1 is 1.32 bits per heavy atom. The zero-order valence-electron chi connectivity index (χ0n) is 13.0. The molecule has 2 rings (SSSR count). The quantitative estimate of drug-likeness (QED) is 0.760. The molecule has 22 heavy (non-hydrogen) atoms. The van der Waals surface area contributed by atoms with Crippen LogP contribution < -0.4 is 10.6 Å². The van der Waals surface area contributed by atoms with Crippen LogP contribution in [0, 0.1) is 13.8 Å². The van der Waals surface area contributed by atoms with Gasteiger partial charge in [0.05, 0.1) is 18.8 Å². The maximum Gasteiger partial charge on any atom is 0.251 e. The molecule has 6 nitrogen and oxygen atoms in total. The lowest BCUT2D eigenvalue weighted by Crippen LogP contribution is -2.34. The third-order valence-electron chi connectivity index (χ3n) is 3.32. The molecule has 0 fully saturated rings. The van der Waals surface area contributed by atoms with Crippen molar-refractivity contribution < 1.29 is 14.3 Å². The van der Waals surface area contributed by atoms with Crippen molar-refractivity contribution in [1.29, 1.82) is 0 Å². The van der Waals surface area contributed by atoms with E-state index in [1.54, 1.807) is 19.1 Å². The molecule has 0 aliphatic carbocycles. The van der Waals surface area contributed by atoms with Crippen molar-refractivity contribution in [2.75, 3.05) is 11.9 Å². The SMILES string of the molecule is Cc1nc(CNc2ccc(C(=O)NC(C)CO)cc2)oc1C. The summed E-state index contributed by atoms with van der Waals surface area (Å²) in [6.45, 7) is 5.94. The Kier molecular flexibility index (Phi) is 5.16. The summed E-state index contributed by atoms with van der Waals surface area (Å²) in [4.78, 5) is 16.2. The lowest BCUT2D eigenvalue weighted by molar-refractivity contribution is 0.0922. The predicted octanol–water partition coefficient (Wildman–Crippen LogP) is 2.01. The third-order valence-corrected chi connectivity index (χ3v) is 3.32. The molecule has 1 atom stereocenters. The molecule has 0 saturated heterocycles. The summed E-state index contributed by atoms with van der Waals surface area (Å²) in [6, 6.07) is 6.84. The number of benzene rings is 1. The number of amides is 1. The molecular formula is C16H21N3O3. The zero-order chi connectivity index (χ0) is 16.1. The van der Waals surface area contributed by atoms with Crippen molar-refractivity contribution in [2.45, 2.75) is 33.4 Å². The molecule has 0 radical (unpaired) electrons. The Bertz CT molecular complexity index is 615. The summed E-state index contributed by atoms with van der Waals surface area (Å²) in [6.07, 6.45) is 0. The number of aryl methyl sites for hydroxylation is 2. The summed E-state index contributed by atoms with van der Waals surface area (Å²) in [5, 5.41) is 14.8. The highest BCUT2D eigenvalue weighted by Gasteiger charge is 2.09. The van der Waals surface area contributed by atoms with Gasteiger partial charge in [-0.25, -0.2) is 4.98 Å². The highest BCUT2D eigenvalue weighted by Crippen LogP contribution is 2.13. The van der Waals surface area contributed by atoms with Gasteiger partial charge in [0, 0.05) is 17.3 Å². The third kappa shape index (κ3) is 4.08. The number of rotatable bonds is 6. The van der Waals surface area contributed by atoms with Gasteiger partial charge in [-0.15, -0.1) is 0 Å². The Balaban J connectivity index is 1.92. The van der Waals surface area contributed by atoms with E-state index in [1.807, 2.05) is 26.0 Å². The monoisotopic (exact) mass is 303 g/mol. The first-order chi connectivity index (χ1) is 10.5. The number of anilines is 1. The Hall–Kier alpha value is -2.34. The molecule has 0 spiro atoms. The summed E-state index contributed by atoms with van der Waals surface area (Å²) >= 11 is 0. The van der Waals surface area contributed by atoms with E-state index in [0.717, 1.165) is 17.1 Å². The Labute approximate surface area is 129 Å². The molecule has 1 unspecified atom stereocenters. The smallest absolute Gasteiger partial charge is 0.251 e. The van der Waals surface area contributed by atoms with Gasteiger partial charge in [0.1, 0.15) is 5.76 Å². The first-order valence-electron chi connectivity index (χ1n) is 7.18. The molecule has 2 aromatic rings. The highest BCUT2D eigenvalue weighted by atomic mass is 16.4. The van der Waals surface area contributed by atoms with E-state index in [2.05, 4.69) is 15.6 Å². The summed E-state index contributed by atoms with van der Waals surface area (Å²) in [5.41, 5.74) is 2.32. The van der Waals surface area contributed by atoms with Gasteiger partial charge in [0.15, 0.2) is 0 Å². The second-order valence-corrected chi connectivity index (χ2v) is 5.24. The number of aliphatic hydroxyl groups excluding tert-OH is 1. The van der Waals surface area contributed by atoms with Gasteiger partial charge in [-0.3, -0.25) is 4.79 Å². The summed E-state index contributed by atoms with van der Waals surface area (Å²) < 4.78 is 5.49. The number of nitrogens with zero attached hydrogens (tertiary/aromatic N) is 1. The minimum atomic E-state index is -0.262. The number of hydrogen-bond acceptors (Lipinski definition) is 5. The van der Waals surface area contributed by atoms with E-state index in [9.17, 15) is 4.79 Å². The van der Waals surface area contributed by atoms with Crippen LogP contribution in [0.3, 0.4) is 0 Å². The first-order valence-corrected chi connectivity index (χ1v) is 7.18. The molecule has 1 heterocycles. The van der Waals surface area contributed by atoms with E-state index in [4.69, 9.17) is 9.52 Å². The molecule has 1 amide bonds. The van der Waals surface area contributed by atoms with Crippen LogP contribution in [-0.4, -0.2) is 28.6 Å². The topological polar surface area (TPSA) is 87.4 Å². The zero-order valence-corrected chi connectivity index (χ0v) is 13.0. The molecule has 0 aliphatic rings. The van der Waals surface area contributed by atoms with Gasteiger partial charge in [-0.2, -0.15) is 0 Å². The van der Waals surface area contributed by atoms with Crippen LogP contribution in [0.5, 0.6) is 0 Å². The van der Waals surface area contributed by atoms with Crippen LogP contribution >= 0.6 is 0 Å². The number of hydrogen-bond donors (Lipinski definition) is 3. The van der Waals surface area contributed by atoms with E-state index < -0.39 is 0 Å². The molecule has 0 aliphatic heterocycles. The second kappa shape index (κ2) is 7.09. The largest absolute Gasteiger partial charge is 0.444 e. The fourth-order valence-corrected chi connectivity index (χ4v) is 1.88. The Morgan fingerprint density at radius 2 is 2.00 bits per heavy atom. The van der Waals surface area contributed by atoms with Crippen molar-refractivity contribution in [1.82, 2.24) is 10.3 Å². The average molecular weight is 303 g/mol. The average Bonchev–Trinajstić information content (AvgIpc) is 2.84. The van der Waals surface area contributed by atoms with Crippen molar-refractivity contribution in [3.63, 3.8) is 0 Å². The number of nitrogens with one attached hydrogen (secondary N) is 2. The molecule has 0 saturated carbocycles. The van der Waals surface area contributed by atoms with Crippen molar-refractivity contribution in [2.24, 2.45) is 0 Å². The highest BCUT2D eigenvalue weighted by molar-refractivity contribution is 5.94. The summed E-state index contributed by atoms with van der Waals surface area (Å²) in [5.74, 6) is 1.25. The molecule has 0 bridgehead atoms. The standard InChI is InChI=1S/C16H21N3O3/c1-10(9-20)18-16(21)13-4-6-14(7-5-13)17-8-15-19-11(2)12(3)22-15/h4-7,10,17,20H,8-9H2,1-3H3,(H,18,21). The van der Waals surface area contributed by atoms with Crippen LogP contribution in [0.25, 0.3) is 0 Å². The number of oxazole rings is 1. The lowest BCUT2D eigenvalue weighted by atomic mass is 10.2. The van der Waals surface area contributed by atoms with Crippen LogP contribution in [0.4, 0.5) is 5.69 Å². The van der Waals surface area contributed by atoms with Gasteiger partial charge in [0.2, 0.25) is 5.89 Å². The van der Waals surface area contributed by atoms with Gasteiger partial charge < -0.3 is 20.2 Å². The molecule has 1 aromatic heterocycles. The van der Waals surface area contributed by atoms with E-state index in [1.165, 1.54) is 0 Å². The number of aromatic nitrogens is 1. The molecule has 6 heteroatoms. The fourth-order valence-electron chi connectivity index (χ4n) is 1.88.